The number of hydrogen-bond donors (Lipinski definition) is 1. The molecule has 0 aliphatic carbocycles. The average Bonchev–Trinajstić information content (AvgIpc) is 2.86. The van der Waals surface area contributed by atoms with Gasteiger partial charge < -0.3 is 19.8 Å². The van der Waals surface area contributed by atoms with Crippen LogP contribution in [0.1, 0.15) is 49.9 Å². The lowest BCUT2D eigenvalue weighted by molar-refractivity contribution is -0.342. The SMILES string of the molecule is CC(C)C(O)(C(=O)N1CCC(C2CCN(c3ccc(C(=O)N(C)C)c(Cl)c3)CC2)CC1)C(F)(F)C(F)(F)F. The fourth-order valence-electron chi connectivity index (χ4n) is 5.52. The summed E-state index contributed by atoms with van der Waals surface area (Å²) in [6.45, 7) is 3.49. The second-order valence-electron chi connectivity index (χ2n) is 10.8. The first kappa shape index (κ1) is 30.4. The first-order chi connectivity index (χ1) is 17.5. The van der Waals surface area contributed by atoms with Crippen molar-refractivity contribution in [1.82, 2.24) is 9.80 Å². The highest BCUT2D eigenvalue weighted by atomic mass is 35.5. The second-order valence-corrected chi connectivity index (χ2v) is 11.2. The van der Waals surface area contributed by atoms with Crippen LogP contribution in [0.4, 0.5) is 27.6 Å². The molecule has 3 rings (SSSR count). The molecule has 1 aromatic carbocycles. The molecule has 6 nitrogen and oxygen atoms in total. The van der Waals surface area contributed by atoms with Crippen molar-refractivity contribution in [2.45, 2.75) is 57.2 Å². The number of hydrogen-bond acceptors (Lipinski definition) is 4. The van der Waals surface area contributed by atoms with Crippen LogP contribution in [0, 0.1) is 17.8 Å². The van der Waals surface area contributed by atoms with Gasteiger partial charge in [-0.3, -0.25) is 9.59 Å². The Morgan fingerprint density at radius 3 is 1.89 bits per heavy atom. The summed E-state index contributed by atoms with van der Waals surface area (Å²) in [5.41, 5.74) is -2.53. The number of benzene rings is 1. The van der Waals surface area contributed by atoms with Crippen LogP contribution in [0.3, 0.4) is 0 Å². The molecule has 214 valence electrons. The number of alkyl halides is 5. The molecule has 2 heterocycles. The number of nitrogens with zero attached hydrogens (tertiary/aromatic N) is 3. The number of rotatable bonds is 6. The quantitative estimate of drug-likeness (QED) is 0.487. The minimum atomic E-state index is -6.06. The zero-order chi connectivity index (χ0) is 28.6. The maximum Gasteiger partial charge on any atom is 0.457 e. The molecule has 0 radical (unpaired) electrons. The molecule has 2 aliphatic heterocycles. The Kier molecular flexibility index (Phi) is 8.92. The number of piperidine rings is 2. The van der Waals surface area contributed by atoms with Gasteiger partial charge in [0.2, 0.25) is 5.60 Å². The normalized spacial score (nSPS) is 20.0. The summed E-state index contributed by atoms with van der Waals surface area (Å²) in [4.78, 5) is 29.6. The molecule has 1 aromatic rings. The van der Waals surface area contributed by atoms with E-state index in [2.05, 4.69) is 4.90 Å². The first-order valence-corrected chi connectivity index (χ1v) is 13.1. The molecule has 38 heavy (non-hydrogen) atoms. The van der Waals surface area contributed by atoms with E-state index in [1.54, 1.807) is 26.2 Å². The van der Waals surface area contributed by atoms with Crippen LogP contribution in [-0.2, 0) is 4.79 Å². The van der Waals surface area contributed by atoms with Gasteiger partial charge in [-0.25, -0.2) is 0 Å². The first-order valence-electron chi connectivity index (χ1n) is 12.7. The topological polar surface area (TPSA) is 64.1 Å². The van der Waals surface area contributed by atoms with Crippen LogP contribution in [0.5, 0.6) is 0 Å². The number of carbonyl (C=O) groups excluding carboxylic acids is 2. The monoisotopic (exact) mass is 567 g/mol. The standard InChI is InChI=1S/C26H35ClF5N3O3/c1-16(2)24(38,25(28,29)26(30,31)32)23(37)35-13-9-18(10-14-35)17-7-11-34(12-8-17)19-5-6-20(21(27)15-19)22(36)33(3)4/h5-6,15-18,38H,7-14H2,1-4H3. The molecule has 2 amide bonds. The van der Waals surface area contributed by atoms with Crippen molar-refractivity contribution in [2.75, 3.05) is 45.2 Å². The molecule has 0 aromatic heterocycles. The molecule has 12 heteroatoms. The van der Waals surface area contributed by atoms with Gasteiger partial charge in [0.15, 0.2) is 0 Å². The molecule has 1 unspecified atom stereocenters. The highest BCUT2D eigenvalue weighted by Crippen LogP contribution is 2.48. The second kappa shape index (κ2) is 11.2. The molecular formula is C26H35ClF5N3O3. The Bertz CT molecular complexity index is 1020. The fourth-order valence-corrected chi connectivity index (χ4v) is 5.77. The summed E-state index contributed by atoms with van der Waals surface area (Å²) >= 11 is 6.35. The third-order valence-electron chi connectivity index (χ3n) is 7.98. The Labute approximate surface area is 224 Å². The zero-order valence-corrected chi connectivity index (χ0v) is 22.8. The van der Waals surface area contributed by atoms with E-state index in [-0.39, 0.29) is 24.9 Å². The van der Waals surface area contributed by atoms with E-state index >= 15 is 0 Å². The van der Waals surface area contributed by atoms with Crippen LogP contribution in [0.25, 0.3) is 0 Å². The molecule has 2 saturated heterocycles. The van der Waals surface area contributed by atoms with Gasteiger partial charge in [0, 0.05) is 46.0 Å². The number of likely N-dealkylation sites (tertiary alicyclic amines) is 1. The van der Waals surface area contributed by atoms with Crippen molar-refractivity contribution in [3.63, 3.8) is 0 Å². The van der Waals surface area contributed by atoms with Crippen LogP contribution >= 0.6 is 11.6 Å². The van der Waals surface area contributed by atoms with Gasteiger partial charge in [0.1, 0.15) is 0 Å². The molecule has 1 atom stereocenters. The van der Waals surface area contributed by atoms with E-state index < -0.39 is 29.5 Å². The van der Waals surface area contributed by atoms with Crippen LogP contribution in [0.2, 0.25) is 5.02 Å². The predicted octanol–water partition coefficient (Wildman–Crippen LogP) is 5.08. The third-order valence-corrected chi connectivity index (χ3v) is 8.30. The number of anilines is 1. The fraction of sp³-hybridized carbons (Fsp3) is 0.692. The van der Waals surface area contributed by atoms with Crippen molar-refractivity contribution >= 4 is 29.1 Å². The highest BCUT2D eigenvalue weighted by Gasteiger charge is 2.74. The molecule has 2 aliphatic rings. The van der Waals surface area contributed by atoms with Gasteiger partial charge in [-0.05, 0) is 61.6 Å². The third kappa shape index (κ3) is 5.59. The maximum absolute atomic E-state index is 14.2. The summed E-state index contributed by atoms with van der Waals surface area (Å²) < 4.78 is 67.7. The number of halogens is 6. The molecule has 0 bridgehead atoms. The Morgan fingerprint density at radius 1 is 0.974 bits per heavy atom. The Balaban J connectivity index is 1.59. The minimum Gasteiger partial charge on any atom is -0.374 e. The van der Waals surface area contributed by atoms with Crippen molar-refractivity contribution in [2.24, 2.45) is 17.8 Å². The van der Waals surface area contributed by atoms with Gasteiger partial charge in [0.05, 0.1) is 10.6 Å². The van der Waals surface area contributed by atoms with Crippen molar-refractivity contribution in [1.29, 1.82) is 0 Å². The van der Waals surface area contributed by atoms with Crippen molar-refractivity contribution < 1.29 is 36.6 Å². The van der Waals surface area contributed by atoms with Crippen molar-refractivity contribution in [3.8, 4) is 0 Å². The molecule has 1 N–H and O–H groups in total. The minimum absolute atomic E-state index is 0.0175. The summed E-state index contributed by atoms with van der Waals surface area (Å²) in [6.07, 6.45) is -3.43. The van der Waals surface area contributed by atoms with Gasteiger partial charge in [-0.1, -0.05) is 25.4 Å². The van der Waals surface area contributed by atoms with E-state index in [1.165, 1.54) is 4.90 Å². The van der Waals surface area contributed by atoms with Gasteiger partial charge >= 0.3 is 12.1 Å². The lowest BCUT2D eigenvalue weighted by Gasteiger charge is -2.44. The smallest absolute Gasteiger partial charge is 0.374 e. The molecule has 0 spiro atoms. The maximum atomic E-state index is 14.2. The molecule has 0 saturated carbocycles. The molecule has 2 fully saturated rings. The highest BCUT2D eigenvalue weighted by molar-refractivity contribution is 6.34. The van der Waals surface area contributed by atoms with Gasteiger partial charge in [0.25, 0.3) is 11.8 Å². The molecular weight excluding hydrogens is 533 g/mol. The van der Waals surface area contributed by atoms with E-state index in [0.29, 0.717) is 29.3 Å². The summed E-state index contributed by atoms with van der Waals surface area (Å²) in [5.74, 6) is -8.46. The largest absolute Gasteiger partial charge is 0.457 e. The van der Waals surface area contributed by atoms with E-state index in [0.717, 1.165) is 50.4 Å². The Morgan fingerprint density at radius 2 is 1.47 bits per heavy atom. The van der Waals surface area contributed by atoms with Gasteiger partial charge in [-0.15, -0.1) is 0 Å². The van der Waals surface area contributed by atoms with Crippen LogP contribution < -0.4 is 4.90 Å². The van der Waals surface area contributed by atoms with E-state index in [4.69, 9.17) is 11.6 Å². The number of amides is 2. The van der Waals surface area contributed by atoms with E-state index in [1.807, 2.05) is 6.07 Å². The van der Waals surface area contributed by atoms with Gasteiger partial charge in [-0.2, -0.15) is 22.0 Å². The number of carbonyl (C=O) groups is 2. The Hall–Kier alpha value is -2.14. The van der Waals surface area contributed by atoms with Crippen LogP contribution in [0.15, 0.2) is 18.2 Å². The average molecular weight is 568 g/mol. The van der Waals surface area contributed by atoms with E-state index in [9.17, 15) is 36.6 Å². The van der Waals surface area contributed by atoms with Crippen molar-refractivity contribution in [3.05, 3.63) is 28.8 Å². The summed E-state index contributed by atoms with van der Waals surface area (Å²) in [6, 6.07) is 5.34. The summed E-state index contributed by atoms with van der Waals surface area (Å²) in [5, 5.41) is 10.8. The number of aliphatic hydroxyl groups is 1. The summed E-state index contributed by atoms with van der Waals surface area (Å²) in [7, 11) is 3.31. The zero-order valence-electron chi connectivity index (χ0n) is 22.0. The lowest BCUT2D eigenvalue weighted by atomic mass is 9.77. The van der Waals surface area contributed by atoms with Crippen LogP contribution in [-0.4, -0.2) is 84.7 Å². The predicted molar refractivity (Wildman–Crippen MR) is 135 cm³/mol. The lowest BCUT2D eigenvalue weighted by Crippen LogP contribution is -2.68.